The van der Waals surface area contributed by atoms with Gasteiger partial charge in [-0.25, -0.2) is 4.68 Å². The van der Waals surface area contributed by atoms with Gasteiger partial charge < -0.3 is 15.4 Å². The summed E-state index contributed by atoms with van der Waals surface area (Å²) >= 11 is 0. The van der Waals surface area contributed by atoms with Gasteiger partial charge in [-0.3, -0.25) is 4.79 Å². The average Bonchev–Trinajstić information content (AvgIpc) is 3.17. The first-order chi connectivity index (χ1) is 15.9. The average molecular weight is 484 g/mol. The molecule has 2 aromatic carbocycles. The van der Waals surface area contributed by atoms with Gasteiger partial charge in [0.05, 0.1) is 12.2 Å². The summed E-state index contributed by atoms with van der Waals surface area (Å²) in [5, 5.41) is 9.22. The molecular formula is C22H18F6N4O2. The number of nitrogens with one attached hydrogen (secondary N) is 2. The third kappa shape index (κ3) is 5.10. The Morgan fingerprint density at radius 1 is 1.06 bits per heavy atom. The van der Waals surface area contributed by atoms with Crippen LogP contribution in [-0.4, -0.2) is 28.2 Å². The van der Waals surface area contributed by atoms with Crippen LogP contribution in [0.3, 0.4) is 0 Å². The molecule has 1 amide bonds. The zero-order valence-electron chi connectivity index (χ0n) is 17.5. The first-order valence-electron chi connectivity index (χ1n) is 10.1. The highest BCUT2D eigenvalue weighted by Gasteiger charge is 2.47. The largest absolute Gasteiger partial charge is 0.573 e. The number of ether oxygens (including phenoxy) is 1. The van der Waals surface area contributed by atoms with Crippen molar-refractivity contribution in [1.82, 2.24) is 9.78 Å². The number of alkyl halides is 6. The van der Waals surface area contributed by atoms with E-state index < -0.39 is 36.3 Å². The number of carbonyl (C=O) groups is 1. The van der Waals surface area contributed by atoms with Gasteiger partial charge >= 0.3 is 12.5 Å². The highest BCUT2D eigenvalue weighted by atomic mass is 19.4. The van der Waals surface area contributed by atoms with Crippen LogP contribution < -0.4 is 15.4 Å². The van der Waals surface area contributed by atoms with E-state index in [1.165, 1.54) is 12.1 Å². The molecule has 2 heterocycles. The quantitative estimate of drug-likeness (QED) is 0.446. The van der Waals surface area contributed by atoms with E-state index >= 15 is 0 Å². The lowest BCUT2D eigenvalue weighted by atomic mass is 9.96. The van der Waals surface area contributed by atoms with Crippen LogP contribution in [0.1, 0.15) is 40.0 Å². The van der Waals surface area contributed by atoms with Crippen molar-refractivity contribution in [2.24, 2.45) is 0 Å². The summed E-state index contributed by atoms with van der Waals surface area (Å²) in [4.78, 5) is 12.8. The molecule has 0 saturated heterocycles. The van der Waals surface area contributed by atoms with Gasteiger partial charge in [-0.05, 0) is 36.8 Å². The third-order valence-electron chi connectivity index (χ3n) is 5.31. The lowest BCUT2D eigenvalue weighted by Gasteiger charge is -2.34. The van der Waals surface area contributed by atoms with Gasteiger partial charge in [-0.2, -0.15) is 18.3 Å². The van der Waals surface area contributed by atoms with Gasteiger partial charge in [0, 0.05) is 12.1 Å². The van der Waals surface area contributed by atoms with E-state index in [4.69, 9.17) is 0 Å². The van der Waals surface area contributed by atoms with Crippen molar-refractivity contribution < 1.29 is 35.9 Å². The molecule has 0 unspecified atom stereocenters. The summed E-state index contributed by atoms with van der Waals surface area (Å²) in [5.74, 6) is -1.36. The lowest BCUT2D eigenvalue weighted by Crippen LogP contribution is -2.36. The molecule has 3 aromatic rings. The zero-order chi connectivity index (χ0) is 24.7. The number of anilines is 2. The van der Waals surface area contributed by atoms with E-state index in [-0.39, 0.29) is 23.5 Å². The number of fused-ring (bicyclic) bond motifs is 1. The Morgan fingerprint density at radius 3 is 2.29 bits per heavy atom. The Kier molecular flexibility index (Phi) is 5.92. The van der Waals surface area contributed by atoms with E-state index in [9.17, 15) is 31.1 Å². The Hall–Kier alpha value is -3.70. The van der Waals surface area contributed by atoms with Crippen molar-refractivity contribution >= 4 is 17.4 Å². The molecule has 0 spiro atoms. The van der Waals surface area contributed by atoms with Gasteiger partial charge in [0.2, 0.25) is 0 Å². The van der Waals surface area contributed by atoms with Gasteiger partial charge in [0.1, 0.15) is 17.1 Å². The number of aryl methyl sites for hydroxylation is 1. The number of halogens is 6. The fraction of sp³-hybridized carbons (Fsp3) is 0.273. The molecule has 6 nitrogen and oxygen atoms in total. The van der Waals surface area contributed by atoms with E-state index in [2.05, 4.69) is 20.5 Å². The maximum Gasteiger partial charge on any atom is 0.573 e. The summed E-state index contributed by atoms with van der Waals surface area (Å²) in [5.41, 5.74) is 1.56. The predicted octanol–water partition coefficient (Wildman–Crippen LogP) is 6.00. The molecule has 2 N–H and O–H groups in total. The van der Waals surface area contributed by atoms with Crippen LogP contribution in [0, 0.1) is 6.92 Å². The molecule has 1 aliphatic rings. The van der Waals surface area contributed by atoms with Gasteiger partial charge in [0.25, 0.3) is 5.91 Å². The second-order valence-corrected chi connectivity index (χ2v) is 7.78. The minimum atomic E-state index is -4.86. The predicted molar refractivity (Wildman–Crippen MR) is 111 cm³/mol. The molecule has 0 fully saturated rings. The molecule has 12 heteroatoms. The summed E-state index contributed by atoms with van der Waals surface area (Å²) in [6, 6.07) is 8.69. The molecule has 0 radical (unpaired) electrons. The van der Waals surface area contributed by atoms with Crippen molar-refractivity contribution in [1.29, 1.82) is 0 Å². The fourth-order valence-electron chi connectivity index (χ4n) is 3.68. The molecule has 0 saturated carbocycles. The van der Waals surface area contributed by atoms with E-state index in [0.717, 1.165) is 28.6 Å². The van der Waals surface area contributed by atoms with E-state index in [1.807, 2.05) is 6.92 Å². The summed E-state index contributed by atoms with van der Waals surface area (Å²) in [7, 11) is 0. The van der Waals surface area contributed by atoms with Gasteiger partial charge in [-0.1, -0.05) is 29.8 Å². The molecule has 0 aliphatic carbocycles. The lowest BCUT2D eigenvalue weighted by molar-refractivity contribution is -0.274. The van der Waals surface area contributed by atoms with Gasteiger partial charge in [0.15, 0.2) is 6.04 Å². The minimum absolute atomic E-state index is 0.103. The Bertz CT molecular complexity index is 1170. The molecule has 1 aromatic heterocycles. The molecular weight excluding hydrogens is 466 g/mol. The number of hydrogen-bond acceptors (Lipinski definition) is 4. The van der Waals surface area contributed by atoms with Crippen LogP contribution in [0.25, 0.3) is 0 Å². The molecule has 1 aliphatic heterocycles. The molecule has 34 heavy (non-hydrogen) atoms. The van der Waals surface area contributed by atoms with Crippen LogP contribution in [0.15, 0.2) is 54.7 Å². The summed E-state index contributed by atoms with van der Waals surface area (Å²) in [6.45, 7) is 1.86. The number of nitrogens with zero attached hydrogens (tertiary/aromatic N) is 2. The first-order valence-corrected chi connectivity index (χ1v) is 10.1. The van der Waals surface area contributed by atoms with E-state index in [1.54, 1.807) is 24.3 Å². The van der Waals surface area contributed by atoms with Crippen molar-refractivity contribution in [3.63, 3.8) is 0 Å². The van der Waals surface area contributed by atoms with Gasteiger partial charge in [-0.15, -0.1) is 13.2 Å². The van der Waals surface area contributed by atoms with Crippen LogP contribution in [0.2, 0.25) is 0 Å². The minimum Gasteiger partial charge on any atom is -0.406 e. The van der Waals surface area contributed by atoms with Crippen LogP contribution >= 0.6 is 0 Å². The summed E-state index contributed by atoms with van der Waals surface area (Å²) in [6.07, 6.45) is -8.76. The normalized spacial score (nSPS) is 18.1. The number of amides is 1. The van der Waals surface area contributed by atoms with Crippen molar-refractivity contribution in [3.8, 4) is 5.75 Å². The van der Waals surface area contributed by atoms with Crippen LogP contribution in [0.5, 0.6) is 5.75 Å². The first kappa shape index (κ1) is 23.5. The summed E-state index contributed by atoms with van der Waals surface area (Å²) < 4.78 is 82.8. The standard InChI is InChI=1S/C22H18F6N4O2/c1-12-2-4-13(5-3-12)17-10-18(21(23,24)25)32-19(31-17)16(11-29-32)20(33)30-14-6-8-15(9-7-14)34-22(26,27)28/h2-9,11,17-18,31H,10H2,1H3,(H,30,33)/t17-,18+/m1/s1. The highest BCUT2D eigenvalue weighted by molar-refractivity contribution is 6.07. The molecule has 0 bridgehead atoms. The number of rotatable bonds is 4. The zero-order valence-corrected chi connectivity index (χ0v) is 17.5. The van der Waals surface area contributed by atoms with Crippen molar-refractivity contribution in [2.75, 3.05) is 10.6 Å². The second-order valence-electron chi connectivity index (χ2n) is 7.78. The molecule has 4 rings (SSSR count). The van der Waals surface area contributed by atoms with Crippen molar-refractivity contribution in [2.45, 2.75) is 38.0 Å². The Balaban J connectivity index is 1.59. The van der Waals surface area contributed by atoms with Crippen molar-refractivity contribution in [3.05, 3.63) is 71.4 Å². The van der Waals surface area contributed by atoms with Crippen LogP contribution in [0.4, 0.5) is 37.8 Å². The Labute approximate surface area is 189 Å². The smallest absolute Gasteiger partial charge is 0.406 e. The topological polar surface area (TPSA) is 68.2 Å². The monoisotopic (exact) mass is 484 g/mol. The SMILES string of the molecule is Cc1ccc([C@H]2C[C@@H](C(F)(F)F)n3ncc(C(=O)Nc4ccc(OC(F)(F)F)cc4)c3N2)cc1. The van der Waals surface area contributed by atoms with Crippen LogP contribution in [-0.2, 0) is 0 Å². The Morgan fingerprint density at radius 2 is 1.71 bits per heavy atom. The second kappa shape index (κ2) is 8.58. The number of aromatic nitrogens is 2. The number of benzene rings is 2. The van der Waals surface area contributed by atoms with E-state index in [0.29, 0.717) is 5.56 Å². The number of carbonyl (C=O) groups excluding carboxylic acids is 1. The maximum absolute atomic E-state index is 13.8. The number of hydrogen-bond donors (Lipinski definition) is 2. The molecule has 180 valence electrons. The highest BCUT2D eigenvalue weighted by Crippen LogP contribution is 2.44. The molecule has 2 atom stereocenters. The maximum atomic E-state index is 13.8. The third-order valence-corrected chi connectivity index (χ3v) is 5.31. The fourth-order valence-corrected chi connectivity index (χ4v) is 3.68.